The minimum atomic E-state index is -0.109. The smallest absolute Gasteiger partial charge is 0.251 e. The van der Waals surface area contributed by atoms with Crippen molar-refractivity contribution in [2.45, 2.75) is 51.7 Å². The van der Waals surface area contributed by atoms with Crippen LogP contribution >= 0.6 is 0 Å². The number of carbonyl (C=O) groups is 1. The third-order valence-electron chi connectivity index (χ3n) is 4.90. The van der Waals surface area contributed by atoms with Gasteiger partial charge in [0.15, 0.2) is 11.5 Å². The molecule has 0 radical (unpaired) electrons. The van der Waals surface area contributed by atoms with Crippen LogP contribution in [0.3, 0.4) is 0 Å². The van der Waals surface area contributed by atoms with Crippen LogP contribution in [0.5, 0.6) is 23.3 Å². The van der Waals surface area contributed by atoms with Crippen molar-refractivity contribution in [3.05, 3.63) is 36.2 Å². The van der Waals surface area contributed by atoms with Crippen molar-refractivity contribution < 1.29 is 23.7 Å². The fraction of sp³-hybridized carbons (Fsp3) is 0.500. The molecule has 8 nitrogen and oxygen atoms in total. The molecule has 1 N–H and O–H groups in total. The molecular weight excluding hydrogens is 386 g/mol. The second kappa shape index (κ2) is 10.7. The van der Waals surface area contributed by atoms with Crippen LogP contribution in [0.15, 0.2) is 30.6 Å². The van der Waals surface area contributed by atoms with E-state index in [1.54, 1.807) is 31.5 Å². The maximum Gasteiger partial charge on any atom is 0.251 e. The molecule has 2 aromatic rings. The van der Waals surface area contributed by atoms with Gasteiger partial charge in [0.05, 0.1) is 32.7 Å². The molecule has 1 fully saturated rings. The minimum Gasteiger partial charge on any atom is -0.490 e. The van der Waals surface area contributed by atoms with Crippen LogP contribution < -0.4 is 24.3 Å². The zero-order valence-electron chi connectivity index (χ0n) is 17.7. The highest BCUT2D eigenvalue weighted by Gasteiger charge is 2.25. The highest BCUT2D eigenvalue weighted by atomic mass is 16.5. The van der Waals surface area contributed by atoms with Gasteiger partial charge in [-0.15, -0.1) is 0 Å². The van der Waals surface area contributed by atoms with E-state index in [1.165, 1.54) is 6.20 Å². The lowest BCUT2D eigenvalue weighted by atomic mass is 9.92. The van der Waals surface area contributed by atoms with Gasteiger partial charge in [-0.1, -0.05) is 0 Å². The van der Waals surface area contributed by atoms with E-state index >= 15 is 0 Å². The van der Waals surface area contributed by atoms with Crippen LogP contribution in [0.4, 0.5) is 0 Å². The molecule has 1 aliphatic carbocycles. The molecule has 3 rings (SSSR count). The Hall–Kier alpha value is -3.03. The van der Waals surface area contributed by atoms with Crippen LogP contribution in [0, 0.1) is 0 Å². The lowest BCUT2D eigenvalue weighted by molar-refractivity contribution is 0.0888. The maximum atomic E-state index is 12.7. The van der Waals surface area contributed by atoms with Crippen molar-refractivity contribution in [2.24, 2.45) is 0 Å². The molecular formula is C22H29N3O5. The maximum absolute atomic E-state index is 12.7. The fourth-order valence-electron chi connectivity index (χ4n) is 3.44. The summed E-state index contributed by atoms with van der Waals surface area (Å²) in [4.78, 5) is 21.0. The number of amides is 1. The Morgan fingerprint density at radius 1 is 1.03 bits per heavy atom. The fourth-order valence-corrected chi connectivity index (χ4v) is 3.44. The number of carbonyl (C=O) groups excluding carboxylic acids is 1. The molecule has 8 heteroatoms. The second-order valence-corrected chi connectivity index (χ2v) is 6.99. The summed E-state index contributed by atoms with van der Waals surface area (Å²) < 4.78 is 22.2. The number of hydrogen-bond acceptors (Lipinski definition) is 7. The first-order chi connectivity index (χ1) is 14.6. The van der Waals surface area contributed by atoms with Crippen LogP contribution in [0.1, 0.15) is 49.9 Å². The summed E-state index contributed by atoms with van der Waals surface area (Å²) in [5.74, 6) is 2.01. The van der Waals surface area contributed by atoms with Crippen LogP contribution in [-0.2, 0) is 0 Å². The van der Waals surface area contributed by atoms with Crippen molar-refractivity contribution in [3.8, 4) is 23.3 Å². The van der Waals surface area contributed by atoms with Gasteiger partial charge in [0, 0.05) is 11.6 Å². The standard InChI is InChI=1S/C22H29N3O5/c1-4-28-18-11-6-15(12-19(18)29-5-2)22(26)24-16-7-9-17(10-8-16)30-21-14-23-13-20(25-21)27-3/h6,11-14,16-17H,4-5,7-10H2,1-3H3,(H,24,26). The summed E-state index contributed by atoms with van der Waals surface area (Å²) in [6.07, 6.45) is 6.51. The Bertz CT molecular complexity index is 837. The van der Waals surface area contributed by atoms with Gasteiger partial charge in [0.2, 0.25) is 11.8 Å². The van der Waals surface area contributed by atoms with Gasteiger partial charge in [-0.3, -0.25) is 9.78 Å². The topological polar surface area (TPSA) is 91.8 Å². The Morgan fingerprint density at radius 2 is 1.73 bits per heavy atom. The van der Waals surface area contributed by atoms with Gasteiger partial charge in [0.25, 0.3) is 5.91 Å². The molecule has 0 spiro atoms. The summed E-state index contributed by atoms with van der Waals surface area (Å²) in [6, 6.07) is 5.39. The largest absolute Gasteiger partial charge is 0.490 e. The van der Waals surface area contributed by atoms with Crippen molar-refractivity contribution in [1.29, 1.82) is 0 Å². The predicted octanol–water partition coefficient (Wildman–Crippen LogP) is 3.40. The lowest BCUT2D eigenvalue weighted by Crippen LogP contribution is -2.39. The Labute approximate surface area is 176 Å². The first-order valence-electron chi connectivity index (χ1n) is 10.4. The summed E-state index contributed by atoms with van der Waals surface area (Å²) in [6.45, 7) is 4.86. The minimum absolute atomic E-state index is 0.0505. The Balaban J connectivity index is 1.53. The molecule has 0 atom stereocenters. The average molecular weight is 415 g/mol. The van der Waals surface area contributed by atoms with E-state index in [2.05, 4.69) is 15.3 Å². The average Bonchev–Trinajstić information content (AvgIpc) is 2.77. The van der Waals surface area contributed by atoms with Crippen molar-refractivity contribution >= 4 is 5.91 Å². The van der Waals surface area contributed by atoms with Crippen LogP contribution in [0.2, 0.25) is 0 Å². The van der Waals surface area contributed by atoms with Gasteiger partial charge >= 0.3 is 0 Å². The van der Waals surface area contributed by atoms with E-state index in [1.807, 2.05) is 13.8 Å². The zero-order valence-corrected chi connectivity index (χ0v) is 17.7. The number of aromatic nitrogens is 2. The second-order valence-electron chi connectivity index (χ2n) is 6.99. The number of benzene rings is 1. The molecule has 0 saturated heterocycles. The summed E-state index contributed by atoms with van der Waals surface area (Å²) in [5.41, 5.74) is 0.562. The van der Waals surface area contributed by atoms with E-state index in [9.17, 15) is 4.79 Å². The lowest BCUT2D eigenvalue weighted by Gasteiger charge is -2.29. The van der Waals surface area contributed by atoms with Gasteiger partial charge in [0.1, 0.15) is 6.10 Å². The first-order valence-corrected chi connectivity index (χ1v) is 10.4. The molecule has 0 bridgehead atoms. The van der Waals surface area contributed by atoms with Crippen molar-refractivity contribution in [1.82, 2.24) is 15.3 Å². The van der Waals surface area contributed by atoms with E-state index < -0.39 is 0 Å². The monoisotopic (exact) mass is 415 g/mol. The van der Waals surface area contributed by atoms with E-state index in [0.717, 1.165) is 25.7 Å². The summed E-state index contributed by atoms with van der Waals surface area (Å²) >= 11 is 0. The van der Waals surface area contributed by atoms with Gasteiger partial charge < -0.3 is 24.3 Å². The molecule has 1 aliphatic rings. The van der Waals surface area contributed by atoms with Crippen molar-refractivity contribution in [3.63, 3.8) is 0 Å². The Morgan fingerprint density at radius 3 is 2.43 bits per heavy atom. The molecule has 1 saturated carbocycles. The number of nitrogens with one attached hydrogen (secondary N) is 1. The molecule has 1 aromatic heterocycles. The zero-order chi connectivity index (χ0) is 21.3. The molecule has 0 unspecified atom stereocenters. The highest BCUT2D eigenvalue weighted by molar-refractivity contribution is 5.95. The van der Waals surface area contributed by atoms with Gasteiger partial charge in [-0.25, -0.2) is 0 Å². The number of methoxy groups -OCH3 is 1. The van der Waals surface area contributed by atoms with E-state index in [0.29, 0.717) is 42.0 Å². The highest BCUT2D eigenvalue weighted by Crippen LogP contribution is 2.29. The quantitative estimate of drug-likeness (QED) is 0.671. The van der Waals surface area contributed by atoms with Crippen LogP contribution in [-0.4, -0.2) is 48.3 Å². The van der Waals surface area contributed by atoms with E-state index in [-0.39, 0.29) is 18.1 Å². The normalized spacial score (nSPS) is 18.4. The SMILES string of the molecule is CCOc1ccc(C(=O)NC2CCC(Oc3cncc(OC)n3)CC2)cc1OCC. The molecule has 30 heavy (non-hydrogen) atoms. The Kier molecular flexibility index (Phi) is 7.70. The third kappa shape index (κ3) is 5.75. The number of nitrogens with zero attached hydrogens (tertiary/aromatic N) is 2. The number of ether oxygens (including phenoxy) is 4. The van der Waals surface area contributed by atoms with E-state index in [4.69, 9.17) is 18.9 Å². The molecule has 1 heterocycles. The molecule has 0 aliphatic heterocycles. The summed E-state index contributed by atoms with van der Waals surface area (Å²) in [7, 11) is 1.55. The molecule has 1 aromatic carbocycles. The van der Waals surface area contributed by atoms with Gasteiger partial charge in [-0.05, 0) is 57.7 Å². The summed E-state index contributed by atoms with van der Waals surface area (Å²) in [5, 5.41) is 3.12. The van der Waals surface area contributed by atoms with Gasteiger partial charge in [-0.2, -0.15) is 4.98 Å². The third-order valence-corrected chi connectivity index (χ3v) is 4.90. The molecule has 162 valence electrons. The van der Waals surface area contributed by atoms with Crippen LogP contribution in [0.25, 0.3) is 0 Å². The predicted molar refractivity (Wildman–Crippen MR) is 112 cm³/mol. The van der Waals surface area contributed by atoms with Crippen molar-refractivity contribution in [2.75, 3.05) is 20.3 Å². The number of hydrogen-bond donors (Lipinski definition) is 1. The number of rotatable bonds is 9. The molecule has 1 amide bonds. The first kappa shape index (κ1) is 21.7.